The summed E-state index contributed by atoms with van der Waals surface area (Å²) in [6.45, 7) is 2.87. The smallest absolute Gasteiger partial charge is 0.255 e. The van der Waals surface area contributed by atoms with Crippen LogP contribution < -0.4 is 5.32 Å². The van der Waals surface area contributed by atoms with Gasteiger partial charge in [-0.1, -0.05) is 18.2 Å². The van der Waals surface area contributed by atoms with Gasteiger partial charge in [-0.3, -0.25) is 9.78 Å². The lowest BCUT2D eigenvalue weighted by Crippen LogP contribution is -2.28. The van der Waals surface area contributed by atoms with Crippen LogP contribution in [0.2, 0.25) is 0 Å². The summed E-state index contributed by atoms with van der Waals surface area (Å²) in [5.74, 6) is -0.321. The minimum atomic E-state index is -3.57. The summed E-state index contributed by atoms with van der Waals surface area (Å²) >= 11 is 0. The standard InChI is InChI=1S/C24H25N3O3S/c1-18-4-9-22(31(29,30)27-14-2-3-15-27)17-23(18)24(28)26-21-7-5-19(6-8-21)16-20-10-12-25-13-11-20/h4-13,17H,2-3,14-16H2,1H3,(H,26,28). The van der Waals surface area contributed by atoms with E-state index in [1.54, 1.807) is 31.5 Å². The van der Waals surface area contributed by atoms with E-state index < -0.39 is 10.0 Å². The molecule has 4 rings (SSSR count). The topological polar surface area (TPSA) is 79.4 Å². The number of aryl methyl sites for hydroxylation is 1. The largest absolute Gasteiger partial charge is 0.322 e. The number of benzene rings is 2. The van der Waals surface area contributed by atoms with Crippen LogP contribution in [0.4, 0.5) is 5.69 Å². The van der Waals surface area contributed by atoms with Crippen LogP contribution in [0.25, 0.3) is 0 Å². The van der Waals surface area contributed by atoms with E-state index in [2.05, 4.69) is 10.3 Å². The Morgan fingerprint density at radius 3 is 2.29 bits per heavy atom. The Labute approximate surface area is 183 Å². The summed E-state index contributed by atoms with van der Waals surface area (Å²) in [5.41, 5.74) is 4.04. The van der Waals surface area contributed by atoms with Gasteiger partial charge in [0.15, 0.2) is 0 Å². The normalized spacial score (nSPS) is 14.5. The first-order valence-electron chi connectivity index (χ1n) is 10.3. The molecule has 160 valence electrons. The number of pyridine rings is 1. The summed E-state index contributed by atoms with van der Waals surface area (Å²) in [4.78, 5) is 17.1. The molecule has 0 saturated carbocycles. The van der Waals surface area contributed by atoms with Crippen LogP contribution in [-0.4, -0.2) is 36.7 Å². The minimum absolute atomic E-state index is 0.165. The number of nitrogens with zero attached hydrogens (tertiary/aromatic N) is 2. The highest BCUT2D eigenvalue weighted by Crippen LogP contribution is 2.24. The molecular weight excluding hydrogens is 410 g/mol. The van der Waals surface area contributed by atoms with E-state index in [0.717, 1.165) is 30.4 Å². The van der Waals surface area contributed by atoms with Crippen LogP contribution in [0.15, 0.2) is 71.9 Å². The van der Waals surface area contributed by atoms with Crippen LogP contribution in [-0.2, 0) is 16.4 Å². The lowest BCUT2D eigenvalue weighted by Gasteiger charge is -2.17. The maximum atomic E-state index is 12.9. The summed E-state index contributed by atoms with van der Waals surface area (Å²) in [6.07, 6.45) is 6.06. The molecule has 0 radical (unpaired) electrons. The van der Waals surface area contributed by atoms with Gasteiger partial charge in [-0.05, 0) is 79.3 Å². The lowest BCUT2D eigenvalue weighted by atomic mass is 10.1. The van der Waals surface area contributed by atoms with Gasteiger partial charge < -0.3 is 5.32 Å². The molecule has 1 saturated heterocycles. The zero-order valence-electron chi connectivity index (χ0n) is 17.4. The molecule has 1 fully saturated rings. The van der Waals surface area contributed by atoms with E-state index in [-0.39, 0.29) is 10.8 Å². The van der Waals surface area contributed by atoms with Crippen LogP contribution in [0.3, 0.4) is 0 Å². The Morgan fingerprint density at radius 1 is 0.968 bits per heavy atom. The van der Waals surface area contributed by atoms with Gasteiger partial charge in [0.1, 0.15) is 0 Å². The number of nitrogens with one attached hydrogen (secondary N) is 1. The molecule has 7 heteroatoms. The molecule has 2 aromatic carbocycles. The van der Waals surface area contributed by atoms with Gasteiger partial charge in [-0.15, -0.1) is 0 Å². The van der Waals surface area contributed by atoms with E-state index >= 15 is 0 Å². The molecule has 1 aliphatic rings. The van der Waals surface area contributed by atoms with Gasteiger partial charge in [0.05, 0.1) is 4.90 Å². The predicted octanol–water partition coefficient (Wildman–Crippen LogP) is 4.02. The van der Waals surface area contributed by atoms with Crippen molar-refractivity contribution >= 4 is 21.6 Å². The number of amides is 1. The van der Waals surface area contributed by atoms with Crippen molar-refractivity contribution in [3.63, 3.8) is 0 Å². The van der Waals surface area contributed by atoms with E-state index in [4.69, 9.17) is 0 Å². The third kappa shape index (κ3) is 4.84. The molecule has 0 spiro atoms. The van der Waals surface area contributed by atoms with E-state index in [1.165, 1.54) is 15.9 Å². The molecule has 31 heavy (non-hydrogen) atoms. The van der Waals surface area contributed by atoms with E-state index in [9.17, 15) is 13.2 Å². The van der Waals surface area contributed by atoms with E-state index in [0.29, 0.717) is 24.3 Å². The summed E-state index contributed by atoms with van der Waals surface area (Å²) < 4.78 is 27.2. The fraction of sp³-hybridized carbons (Fsp3) is 0.250. The Hall–Kier alpha value is -3.03. The number of rotatable bonds is 6. The SMILES string of the molecule is Cc1ccc(S(=O)(=O)N2CCCC2)cc1C(=O)Nc1ccc(Cc2ccncc2)cc1. The molecule has 0 unspecified atom stereocenters. The average molecular weight is 436 g/mol. The van der Waals surface area contributed by atoms with Gasteiger partial charge in [0, 0.05) is 36.7 Å². The highest BCUT2D eigenvalue weighted by molar-refractivity contribution is 7.89. The Morgan fingerprint density at radius 2 is 1.61 bits per heavy atom. The Kier molecular flexibility index (Phi) is 6.15. The molecule has 6 nitrogen and oxygen atoms in total. The Balaban J connectivity index is 1.49. The highest BCUT2D eigenvalue weighted by Gasteiger charge is 2.28. The van der Waals surface area contributed by atoms with Crippen molar-refractivity contribution in [1.82, 2.24) is 9.29 Å². The lowest BCUT2D eigenvalue weighted by molar-refractivity contribution is 0.102. The molecule has 3 aromatic rings. The van der Waals surface area contributed by atoms with Crippen LogP contribution >= 0.6 is 0 Å². The molecular formula is C24H25N3O3S. The third-order valence-electron chi connectivity index (χ3n) is 5.53. The number of hydrogen-bond donors (Lipinski definition) is 1. The highest BCUT2D eigenvalue weighted by atomic mass is 32.2. The Bertz CT molecular complexity index is 1170. The van der Waals surface area contributed by atoms with Crippen molar-refractivity contribution in [1.29, 1.82) is 0 Å². The predicted molar refractivity (Wildman–Crippen MR) is 121 cm³/mol. The van der Waals surface area contributed by atoms with Crippen molar-refractivity contribution in [3.8, 4) is 0 Å². The maximum Gasteiger partial charge on any atom is 0.255 e. The van der Waals surface area contributed by atoms with Crippen molar-refractivity contribution in [2.45, 2.75) is 31.1 Å². The molecule has 1 aliphatic heterocycles. The van der Waals surface area contributed by atoms with E-state index in [1.807, 2.05) is 36.4 Å². The molecule has 2 heterocycles. The monoisotopic (exact) mass is 435 g/mol. The molecule has 0 aliphatic carbocycles. The van der Waals surface area contributed by atoms with Crippen LogP contribution in [0.5, 0.6) is 0 Å². The number of sulfonamides is 1. The third-order valence-corrected chi connectivity index (χ3v) is 7.42. The molecule has 1 N–H and O–H groups in total. The zero-order valence-corrected chi connectivity index (χ0v) is 18.2. The number of hydrogen-bond acceptors (Lipinski definition) is 4. The van der Waals surface area contributed by atoms with Crippen molar-refractivity contribution in [2.75, 3.05) is 18.4 Å². The van der Waals surface area contributed by atoms with Gasteiger partial charge in [0.2, 0.25) is 10.0 Å². The molecule has 0 bridgehead atoms. The second-order valence-corrected chi connectivity index (χ2v) is 9.71. The maximum absolute atomic E-state index is 12.9. The summed E-state index contributed by atoms with van der Waals surface area (Å²) in [7, 11) is -3.57. The number of aromatic nitrogens is 1. The summed E-state index contributed by atoms with van der Waals surface area (Å²) in [6, 6.07) is 16.3. The van der Waals surface area contributed by atoms with Crippen LogP contribution in [0, 0.1) is 6.92 Å². The van der Waals surface area contributed by atoms with Crippen molar-refractivity contribution in [3.05, 3.63) is 89.2 Å². The number of carbonyl (C=O) groups is 1. The van der Waals surface area contributed by atoms with Gasteiger partial charge in [-0.2, -0.15) is 4.31 Å². The zero-order chi connectivity index (χ0) is 21.8. The second kappa shape index (κ2) is 8.99. The first kappa shape index (κ1) is 21.2. The quantitative estimate of drug-likeness (QED) is 0.634. The van der Waals surface area contributed by atoms with Gasteiger partial charge >= 0.3 is 0 Å². The summed E-state index contributed by atoms with van der Waals surface area (Å²) in [5, 5.41) is 2.88. The van der Waals surface area contributed by atoms with Crippen LogP contribution in [0.1, 0.15) is 39.9 Å². The average Bonchev–Trinajstić information content (AvgIpc) is 3.32. The van der Waals surface area contributed by atoms with Crippen molar-refractivity contribution in [2.24, 2.45) is 0 Å². The first-order chi connectivity index (χ1) is 14.9. The fourth-order valence-corrected chi connectivity index (χ4v) is 5.27. The van der Waals surface area contributed by atoms with Gasteiger partial charge in [-0.25, -0.2) is 8.42 Å². The molecule has 1 aromatic heterocycles. The molecule has 0 atom stereocenters. The fourth-order valence-electron chi connectivity index (χ4n) is 3.72. The number of anilines is 1. The second-order valence-electron chi connectivity index (χ2n) is 7.77. The number of carbonyl (C=O) groups excluding carboxylic acids is 1. The first-order valence-corrected chi connectivity index (χ1v) is 11.8. The van der Waals surface area contributed by atoms with Gasteiger partial charge in [0.25, 0.3) is 5.91 Å². The van der Waals surface area contributed by atoms with Crippen molar-refractivity contribution < 1.29 is 13.2 Å². The minimum Gasteiger partial charge on any atom is -0.322 e. The molecule has 1 amide bonds.